The molecular formula is C5H12BiNO3S. The summed E-state index contributed by atoms with van der Waals surface area (Å²) in [6.45, 7) is 1.26. The standard InChI is InChI=1S/C5H9NO3S.Bi.3H/c1-3(7)6-4(2-10)5(8)9;;;;/h4,10H,2H2,1H3,(H,6,7)(H,8,9);;;;. The number of carbonyl (C=O) groups excluding carboxylic acids is 1. The number of carboxylic acid groups (broad SMARTS) is 1. The Morgan fingerprint density at radius 1 is 1.64 bits per heavy atom. The van der Waals surface area contributed by atoms with Crippen LogP contribution in [0.3, 0.4) is 0 Å². The molecule has 0 aromatic carbocycles. The van der Waals surface area contributed by atoms with Crippen molar-refractivity contribution in [2.45, 2.75) is 13.0 Å². The minimum atomic E-state index is -1.06. The van der Waals surface area contributed by atoms with Crippen LogP contribution < -0.4 is 5.32 Å². The van der Waals surface area contributed by atoms with Gasteiger partial charge >= 0.3 is 32.2 Å². The summed E-state index contributed by atoms with van der Waals surface area (Å²) in [6.07, 6.45) is 0. The predicted octanol–water partition coefficient (Wildman–Crippen LogP) is -1.68. The molecule has 2 N–H and O–H groups in total. The number of nitrogens with one attached hydrogen (secondary N) is 1. The molecule has 0 radical (unpaired) electrons. The fourth-order valence-corrected chi connectivity index (χ4v) is 0.678. The molecule has 0 aromatic heterocycles. The van der Waals surface area contributed by atoms with Crippen LogP contribution in [-0.4, -0.2) is 55.0 Å². The van der Waals surface area contributed by atoms with Crippen LogP contribution in [0.1, 0.15) is 6.92 Å². The molecule has 0 spiro atoms. The monoisotopic (exact) mass is 375 g/mol. The molecule has 0 bridgehead atoms. The second-order valence-electron chi connectivity index (χ2n) is 1.77. The first-order valence-corrected chi connectivity index (χ1v) is 3.32. The van der Waals surface area contributed by atoms with Crippen LogP contribution in [0.15, 0.2) is 0 Å². The van der Waals surface area contributed by atoms with Gasteiger partial charge in [-0.15, -0.1) is 0 Å². The molecule has 11 heavy (non-hydrogen) atoms. The summed E-state index contributed by atoms with van der Waals surface area (Å²) in [5.41, 5.74) is 0. The van der Waals surface area contributed by atoms with Crippen molar-refractivity contribution in [2.75, 3.05) is 5.75 Å². The number of hydrogen-bond acceptors (Lipinski definition) is 3. The molecule has 0 aliphatic heterocycles. The summed E-state index contributed by atoms with van der Waals surface area (Å²) in [4.78, 5) is 20.5. The maximum absolute atomic E-state index is 10.3. The van der Waals surface area contributed by atoms with Gasteiger partial charge < -0.3 is 10.4 Å². The van der Waals surface area contributed by atoms with Gasteiger partial charge in [0.1, 0.15) is 6.04 Å². The summed E-state index contributed by atoms with van der Waals surface area (Å²) in [7, 11) is 0. The van der Waals surface area contributed by atoms with Gasteiger partial charge in [-0.2, -0.15) is 12.6 Å². The van der Waals surface area contributed by atoms with E-state index in [1.54, 1.807) is 0 Å². The van der Waals surface area contributed by atoms with Gasteiger partial charge in [0, 0.05) is 12.7 Å². The van der Waals surface area contributed by atoms with E-state index >= 15 is 0 Å². The molecule has 6 heteroatoms. The first-order valence-electron chi connectivity index (χ1n) is 2.68. The van der Waals surface area contributed by atoms with E-state index in [1.807, 2.05) is 0 Å². The number of thiol groups is 1. The van der Waals surface area contributed by atoms with E-state index in [1.165, 1.54) is 6.92 Å². The fourth-order valence-electron chi connectivity index (χ4n) is 0.431. The van der Waals surface area contributed by atoms with Gasteiger partial charge in [0.2, 0.25) is 5.91 Å². The van der Waals surface area contributed by atoms with Gasteiger partial charge in [-0.05, 0) is 0 Å². The number of amides is 1. The molecule has 0 saturated carbocycles. The molecule has 1 atom stereocenters. The fraction of sp³-hybridized carbons (Fsp3) is 0.600. The van der Waals surface area contributed by atoms with Gasteiger partial charge in [-0.3, -0.25) is 4.79 Å². The van der Waals surface area contributed by atoms with Crippen molar-refractivity contribution in [3.8, 4) is 0 Å². The van der Waals surface area contributed by atoms with Crippen LogP contribution >= 0.6 is 12.6 Å². The van der Waals surface area contributed by atoms with E-state index in [9.17, 15) is 9.59 Å². The third kappa shape index (κ3) is 6.57. The van der Waals surface area contributed by atoms with Crippen LogP contribution in [0.5, 0.6) is 0 Å². The Hall–Kier alpha value is 0.173. The van der Waals surface area contributed by atoms with Crippen molar-refractivity contribution in [1.29, 1.82) is 0 Å². The molecule has 0 saturated heterocycles. The van der Waals surface area contributed by atoms with E-state index in [-0.39, 0.29) is 37.9 Å². The van der Waals surface area contributed by atoms with E-state index < -0.39 is 12.0 Å². The van der Waals surface area contributed by atoms with Crippen molar-refractivity contribution in [3.63, 3.8) is 0 Å². The SMILES string of the molecule is CC(=O)NC(CS)C(=O)O.[BiH3]. The molecule has 0 heterocycles. The molecular weight excluding hydrogens is 363 g/mol. The number of aliphatic carboxylic acids is 1. The topological polar surface area (TPSA) is 66.4 Å². The van der Waals surface area contributed by atoms with E-state index in [0.717, 1.165) is 0 Å². The zero-order valence-electron chi connectivity index (χ0n) is 6.20. The Morgan fingerprint density at radius 2 is 2.09 bits per heavy atom. The summed E-state index contributed by atoms with van der Waals surface area (Å²) in [6, 6.07) is -0.874. The molecule has 0 aliphatic carbocycles. The molecule has 1 amide bonds. The molecule has 66 valence electrons. The average molecular weight is 375 g/mol. The number of carbonyl (C=O) groups is 2. The normalized spacial score (nSPS) is 11.1. The van der Waals surface area contributed by atoms with Crippen LogP contribution in [-0.2, 0) is 9.59 Å². The van der Waals surface area contributed by atoms with Crippen LogP contribution in [0.2, 0.25) is 0 Å². The van der Waals surface area contributed by atoms with E-state index in [0.29, 0.717) is 0 Å². The first-order chi connectivity index (χ1) is 4.57. The number of carboxylic acids is 1. The average Bonchev–Trinajstić information content (AvgIpc) is 1.81. The van der Waals surface area contributed by atoms with Gasteiger partial charge in [0.05, 0.1) is 0 Å². The second kappa shape index (κ2) is 6.86. The van der Waals surface area contributed by atoms with Gasteiger partial charge in [-0.25, -0.2) is 4.79 Å². The van der Waals surface area contributed by atoms with Crippen LogP contribution in [0.4, 0.5) is 0 Å². The Kier molecular flexibility index (Phi) is 8.57. The summed E-state index contributed by atoms with van der Waals surface area (Å²) in [5.74, 6) is -1.32. The van der Waals surface area contributed by atoms with Crippen LogP contribution in [0, 0.1) is 0 Å². The number of hydrogen-bond donors (Lipinski definition) is 3. The zero-order valence-corrected chi connectivity index (χ0v) is 12.6. The van der Waals surface area contributed by atoms with Crippen molar-refractivity contribution in [3.05, 3.63) is 0 Å². The van der Waals surface area contributed by atoms with Crippen molar-refractivity contribution < 1.29 is 14.7 Å². The third-order valence-electron chi connectivity index (χ3n) is 0.858. The van der Waals surface area contributed by atoms with Crippen molar-refractivity contribution in [2.24, 2.45) is 0 Å². The Morgan fingerprint density at radius 3 is 2.18 bits per heavy atom. The molecule has 0 aromatic rings. The van der Waals surface area contributed by atoms with Crippen molar-refractivity contribution in [1.82, 2.24) is 5.32 Å². The predicted molar refractivity (Wildman–Crippen MR) is 49.0 cm³/mol. The van der Waals surface area contributed by atoms with Gasteiger partial charge in [-0.1, -0.05) is 0 Å². The van der Waals surface area contributed by atoms with Gasteiger partial charge in [0.25, 0.3) is 0 Å². The van der Waals surface area contributed by atoms with Crippen molar-refractivity contribution >= 4 is 50.7 Å². The van der Waals surface area contributed by atoms with Crippen LogP contribution in [0.25, 0.3) is 0 Å². The molecule has 4 nitrogen and oxygen atoms in total. The Labute approximate surface area is 89.3 Å². The van der Waals surface area contributed by atoms with Gasteiger partial charge in [0.15, 0.2) is 0 Å². The Bertz CT molecular complexity index is 153. The second-order valence-corrected chi connectivity index (χ2v) is 2.14. The molecule has 1 unspecified atom stereocenters. The third-order valence-corrected chi connectivity index (χ3v) is 1.22. The quantitative estimate of drug-likeness (QED) is 0.408. The zero-order chi connectivity index (χ0) is 8.15. The first kappa shape index (κ1) is 13.7. The Balaban J connectivity index is 0. The summed E-state index contributed by atoms with van der Waals surface area (Å²) in [5, 5.41) is 10.6. The summed E-state index contributed by atoms with van der Waals surface area (Å²) >= 11 is 3.73. The molecule has 0 rings (SSSR count). The van der Waals surface area contributed by atoms with E-state index in [4.69, 9.17) is 5.11 Å². The molecule has 0 fully saturated rings. The minimum absolute atomic E-state index is 0. The number of rotatable bonds is 3. The maximum atomic E-state index is 10.3. The van der Waals surface area contributed by atoms with E-state index in [2.05, 4.69) is 17.9 Å². The molecule has 0 aliphatic rings. The summed E-state index contributed by atoms with van der Waals surface area (Å²) < 4.78 is 0.